The van der Waals surface area contributed by atoms with Crippen LogP contribution in [0, 0.1) is 0 Å². The van der Waals surface area contributed by atoms with Crippen molar-refractivity contribution < 1.29 is 9.21 Å². The van der Waals surface area contributed by atoms with Crippen LogP contribution in [0.4, 0.5) is 10.5 Å². The number of anilines is 1. The second-order valence-electron chi connectivity index (χ2n) is 4.72. The second-order valence-corrected chi connectivity index (χ2v) is 4.72. The number of furan rings is 1. The van der Waals surface area contributed by atoms with E-state index in [0.29, 0.717) is 12.2 Å². The van der Waals surface area contributed by atoms with E-state index in [1.165, 1.54) is 11.2 Å². The lowest BCUT2D eigenvalue weighted by molar-refractivity contribution is 0.217. The Hall–Kier alpha value is -3.09. The maximum atomic E-state index is 12.3. The van der Waals surface area contributed by atoms with Gasteiger partial charge < -0.3 is 14.6 Å². The van der Waals surface area contributed by atoms with Crippen molar-refractivity contribution in [3.63, 3.8) is 0 Å². The molecule has 2 aromatic heterocycles. The first kappa shape index (κ1) is 13.9. The van der Waals surface area contributed by atoms with E-state index in [9.17, 15) is 4.79 Å². The molecule has 0 aliphatic rings. The van der Waals surface area contributed by atoms with Gasteiger partial charge in [0.1, 0.15) is 18.4 Å². The van der Waals surface area contributed by atoms with Crippen LogP contribution in [-0.4, -0.2) is 32.7 Å². The van der Waals surface area contributed by atoms with Gasteiger partial charge in [0.15, 0.2) is 0 Å². The molecule has 0 fully saturated rings. The molecule has 2 heterocycles. The monoisotopic (exact) mass is 297 g/mol. The maximum Gasteiger partial charge on any atom is 0.322 e. The number of urea groups is 1. The van der Waals surface area contributed by atoms with Gasteiger partial charge in [0.05, 0.1) is 24.2 Å². The summed E-state index contributed by atoms with van der Waals surface area (Å²) in [7, 11) is 1.70. The topological polar surface area (TPSA) is 76.2 Å². The Kier molecular flexibility index (Phi) is 3.86. The van der Waals surface area contributed by atoms with Crippen LogP contribution in [-0.2, 0) is 6.54 Å². The average molecular weight is 297 g/mol. The van der Waals surface area contributed by atoms with Gasteiger partial charge in [-0.3, -0.25) is 0 Å². The lowest BCUT2D eigenvalue weighted by Gasteiger charge is -2.18. The number of amides is 2. The van der Waals surface area contributed by atoms with Crippen LogP contribution in [0.1, 0.15) is 5.76 Å². The van der Waals surface area contributed by atoms with E-state index in [0.717, 1.165) is 11.4 Å². The first-order chi connectivity index (χ1) is 10.7. The molecule has 2 amide bonds. The second kappa shape index (κ2) is 6.13. The molecule has 0 spiro atoms. The van der Waals surface area contributed by atoms with Crippen molar-refractivity contribution in [1.29, 1.82) is 0 Å². The molecule has 3 rings (SSSR count). The van der Waals surface area contributed by atoms with Gasteiger partial charge in [-0.2, -0.15) is 5.10 Å². The third kappa shape index (κ3) is 2.98. The van der Waals surface area contributed by atoms with Crippen LogP contribution in [0.2, 0.25) is 0 Å². The van der Waals surface area contributed by atoms with Crippen LogP contribution in [0.3, 0.4) is 0 Å². The predicted molar refractivity (Wildman–Crippen MR) is 80.6 cm³/mol. The minimum Gasteiger partial charge on any atom is -0.467 e. The summed E-state index contributed by atoms with van der Waals surface area (Å²) in [6.45, 7) is 0.393. The lowest BCUT2D eigenvalue weighted by atomic mass is 10.2. The average Bonchev–Trinajstić information content (AvgIpc) is 3.21. The van der Waals surface area contributed by atoms with E-state index < -0.39 is 0 Å². The van der Waals surface area contributed by atoms with Crippen molar-refractivity contribution in [3.8, 4) is 5.69 Å². The number of rotatable bonds is 4. The van der Waals surface area contributed by atoms with Crippen LogP contribution < -0.4 is 5.32 Å². The van der Waals surface area contributed by atoms with Gasteiger partial charge in [-0.25, -0.2) is 14.5 Å². The minimum absolute atomic E-state index is 0.232. The smallest absolute Gasteiger partial charge is 0.322 e. The predicted octanol–water partition coefficient (Wildman–Crippen LogP) is 2.52. The lowest BCUT2D eigenvalue weighted by Crippen LogP contribution is -2.31. The fourth-order valence-electron chi connectivity index (χ4n) is 2.03. The number of carbonyl (C=O) groups excluding carboxylic acids is 1. The molecule has 22 heavy (non-hydrogen) atoms. The summed E-state index contributed by atoms with van der Waals surface area (Å²) in [5, 5.41) is 6.95. The number of nitrogens with one attached hydrogen (secondary N) is 1. The first-order valence-corrected chi connectivity index (χ1v) is 6.72. The summed E-state index contributed by atoms with van der Waals surface area (Å²) in [5.41, 5.74) is 1.41. The van der Waals surface area contributed by atoms with Crippen molar-refractivity contribution in [1.82, 2.24) is 19.7 Å². The zero-order valence-corrected chi connectivity index (χ0v) is 12.0. The highest BCUT2D eigenvalue weighted by Gasteiger charge is 2.13. The molecule has 0 saturated carbocycles. The van der Waals surface area contributed by atoms with Gasteiger partial charge in [0.25, 0.3) is 0 Å². The number of para-hydroxylation sites is 2. The van der Waals surface area contributed by atoms with E-state index in [1.807, 2.05) is 30.3 Å². The first-order valence-electron chi connectivity index (χ1n) is 6.72. The molecular weight excluding hydrogens is 282 g/mol. The number of hydrogen-bond acceptors (Lipinski definition) is 4. The molecule has 7 heteroatoms. The number of benzene rings is 1. The summed E-state index contributed by atoms with van der Waals surface area (Å²) < 4.78 is 6.84. The molecule has 0 bridgehead atoms. The molecule has 0 aliphatic heterocycles. The van der Waals surface area contributed by atoms with Gasteiger partial charge in [0, 0.05) is 7.05 Å². The van der Waals surface area contributed by atoms with E-state index >= 15 is 0 Å². The summed E-state index contributed by atoms with van der Waals surface area (Å²) in [6.07, 6.45) is 4.61. The number of carbonyl (C=O) groups is 1. The highest BCUT2D eigenvalue weighted by atomic mass is 16.3. The van der Waals surface area contributed by atoms with Crippen LogP contribution >= 0.6 is 0 Å². The Morgan fingerprint density at radius 2 is 2.18 bits per heavy atom. The Morgan fingerprint density at radius 3 is 2.91 bits per heavy atom. The Labute approximate surface area is 127 Å². The minimum atomic E-state index is -0.232. The van der Waals surface area contributed by atoms with Crippen molar-refractivity contribution in [2.75, 3.05) is 12.4 Å². The fourth-order valence-corrected chi connectivity index (χ4v) is 2.03. The summed E-state index contributed by atoms with van der Waals surface area (Å²) in [6, 6.07) is 10.8. The maximum absolute atomic E-state index is 12.3. The van der Waals surface area contributed by atoms with Gasteiger partial charge in [-0.05, 0) is 24.3 Å². The number of nitrogens with zero attached hydrogens (tertiary/aromatic N) is 4. The van der Waals surface area contributed by atoms with Gasteiger partial charge >= 0.3 is 6.03 Å². The SMILES string of the molecule is CN(Cc1ccco1)C(=O)Nc1ccccc1-n1cncn1. The number of hydrogen-bond donors (Lipinski definition) is 1. The zero-order valence-electron chi connectivity index (χ0n) is 12.0. The molecule has 0 aliphatic carbocycles. The van der Waals surface area contributed by atoms with Gasteiger partial charge in [0.2, 0.25) is 0 Å². The van der Waals surface area contributed by atoms with Crippen LogP contribution in [0.15, 0.2) is 59.7 Å². The highest BCUT2D eigenvalue weighted by molar-refractivity contribution is 5.91. The number of aromatic nitrogens is 3. The Balaban J connectivity index is 1.74. The third-order valence-electron chi connectivity index (χ3n) is 3.13. The molecular formula is C15H15N5O2. The Morgan fingerprint density at radius 1 is 1.32 bits per heavy atom. The molecule has 7 nitrogen and oxygen atoms in total. The molecule has 0 saturated heterocycles. The van der Waals surface area contributed by atoms with Crippen LogP contribution in [0.5, 0.6) is 0 Å². The van der Waals surface area contributed by atoms with E-state index in [1.54, 1.807) is 30.4 Å². The Bertz CT molecular complexity index is 737. The third-order valence-corrected chi connectivity index (χ3v) is 3.13. The fraction of sp³-hybridized carbons (Fsp3) is 0.133. The summed E-state index contributed by atoms with van der Waals surface area (Å²) in [4.78, 5) is 17.7. The highest BCUT2D eigenvalue weighted by Crippen LogP contribution is 2.19. The summed E-state index contributed by atoms with van der Waals surface area (Å²) >= 11 is 0. The molecule has 1 aromatic carbocycles. The van der Waals surface area contributed by atoms with Crippen molar-refractivity contribution in [2.45, 2.75) is 6.54 Å². The van der Waals surface area contributed by atoms with Crippen molar-refractivity contribution in [2.24, 2.45) is 0 Å². The normalized spacial score (nSPS) is 10.4. The molecule has 0 unspecified atom stereocenters. The van der Waals surface area contributed by atoms with Crippen molar-refractivity contribution in [3.05, 3.63) is 61.1 Å². The molecule has 3 aromatic rings. The standard InChI is InChI=1S/C15H15N5O2/c1-19(9-12-5-4-8-22-12)15(21)18-13-6-2-3-7-14(13)20-11-16-10-17-20/h2-8,10-11H,9H2,1H3,(H,18,21). The van der Waals surface area contributed by atoms with Crippen molar-refractivity contribution >= 4 is 11.7 Å². The van der Waals surface area contributed by atoms with E-state index in [2.05, 4.69) is 15.4 Å². The molecule has 112 valence electrons. The van der Waals surface area contributed by atoms with E-state index in [4.69, 9.17) is 4.42 Å². The van der Waals surface area contributed by atoms with Crippen LogP contribution in [0.25, 0.3) is 5.69 Å². The largest absolute Gasteiger partial charge is 0.467 e. The quantitative estimate of drug-likeness (QED) is 0.803. The molecule has 0 atom stereocenters. The zero-order chi connectivity index (χ0) is 15.4. The molecule has 1 N–H and O–H groups in total. The summed E-state index contributed by atoms with van der Waals surface area (Å²) in [5.74, 6) is 0.724. The van der Waals surface area contributed by atoms with Gasteiger partial charge in [-0.1, -0.05) is 12.1 Å². The van der Waals surface area contributed by atoms with Gasteiger partial charge in [-0.15, -0.1) is 0 Å². The van der Waals surface area contributed by atoms with E-state index in [-0.39, 0.29) is 6.03 Å². The molecule has 0 radical (unpaired) electrons.